The Morgan fingerprint density at radius 2 is 1.86 bits per heavy atom. The van der Waals surface area contributed by atoms with Gasteiger partial charge < -0.3 is 10.6 Å². The molecular weight excluding hydrogens is 437 g/mol. The van der Waals surface area contributed by atoms with Gasteiger partial charge in [-0.25, -0.2) is 4.79 Å². The van der Waals surface area contributed by atoms with Gasteiger partial charge in [-0.15, -0.1) is 0 Å². The Morgan fingerprint density at radius 1 is 1.10 bits per heavy atom. The van der Waals surface area contributed by atoms with Crippen molar-refractivity contribution in [1.29, 1.82) is 0 Å². The van der Waals surface area contributed by atoms with Crippen molar-refractivity contribution in [2.75, 3.05) is 5.32 Å². The molecule has 29 heavy (non-hydrogen) atoms. The van der Waals surface area contributed by atoms with Crippen molar-refractivity contribution in [3.8, 4) is 0 Å². The summed E-state index contributed by atoms with van der Waals surface area (Å²) in [6, 6.07) is 8.45. The zero-order chi connectivity index (χ0) is 21.1. The topological polar surface area (TPSA) is 78.5 Å². The maximum atomic E-state index is 12.6. The number of hydrogen-bond donors (Lipinski definition) is 2. The van der Waals surface area contributed by atoms with Gasteiger partial charge >= 0.3 is 6.03 Å². The first-order valence-corrected chi connectivity index (χ1v) is 10.0. The molecule has 1 saturated heterocycles. The van der Waals surface area contributed by atoms with Crippen LogP contribution >= 0.6 is 34.8 Å². The summed E-state index contributed by atoms with van der Waals surface area (Å²) in [5, 5.41) is 6.49. The predicted octanol–water partition coefficient (Wildman–Crippen LogP) is 4.79. The number of carbonyl (C=O) groups is 3. The van der Waals surface area contributed by atoms with Gasteiger partial charge in [0.2, 0.25) is 11.8 Å². The Balaban J connectivity index is 1.68. The highest BCUT2D eigenvalue weighted by molar-refractivity contribution is 6.36. The number of hydrogen-bond acceptors (Lipinski definition) is 3. The maximum Gasteiger partial charge on any atom is 0.329 e. The van der Waals surface area contributed by atoms with Crippen LogP contribution in [0.3, 0.4) is 0 Å². The van der Waals surface area contributed by atoms with Gasteiger partial charge in [0.05, 0.1) is 10.7 Å². The third-order valence-electron chi connectivity index (χ3n) is 4.57. The minimum atomic E-state index is -0.905. The molecule has 0 aromatic heterocycles. The summed E-state index contributed by atoms with van der Waals surface area (Å²) >= 11 is 18.1. The van der Waals surface area contributed by atoms with Gasteiger partial charge in [-0.2, -0.15) is 0 Å². The SMILES string of the molecule is Cc1ccc(CNC(=O)C2CCC(=O)N2C(=O)Nc2ccc(Cl)cc2Cl)c(Cl)c1. The van der Waals surface area contributed by atoms with E-state index in [1.165, 1.54) is 12.1 Å². The Labute approximate surface area is 183 Å². The van der Waals surface area contributed by atoms with E-state index in [0.717, 1.165) is 16.0 Å². The van der Waals surface area contributed by atoms with E-state index in [0.29, 0.717) is 15.7 Å². The van der Waals surface area contributed by atoms with Gasteiger partial charge in [0.15, 0.2) is 0 Å². The molecule has 0 aliphatic carbocycles. The van der Waals surface area contributed by atoms with Gasteiger partial charge in [0, 0.05) is 23.0 Å². The van der Waals surface area contributed by atoms with Gasteiger partial charge in [-0.3, -0.25) is 14.5 Å². The zero-order valence-corrected chi connectivity index (χ0v) is 17.7. The minimum absolute atomic E-state index is 0.102. The van der Waals surface area contributed by atoms with Gasteiger partial charge in [0.25, 0.3) is 0 Å². The van der Waals surface area contributed by atoms with Gasteiger partial charge in [-0.05, 0) is 48.7 Å². The summed E-state index contributed by atoms with van der Waals surface area (Å²) in [7, 11) is 0. The first kappa shape index (κ1) is 21.4. The molecule has 1 heterocycles. The van der Waals surface area contributed by atoms with Gasteiger partial charge in [0.1, 0.15) is 6.04 Å². The molecule has 4 amide bonds. The normalized spacial score (nSPS) is 16.1. The second-order valence-electron chi connectivity index (χ2n) is 6.69. The lowest BCUT2D eigenvalue weighted by atomic mass is 10.1. The number of likely N-dealkylation sites (tertiary alicyclic amines) is 1. The molecule has 0 radical (unpaired) electrons. The minimum Gasteiger partial charge on any atom is -0.350 e. The molecular formula is C20H18Cl3N3O3. The van der Waals surface area contributed by atoms with Crippen molar-refractivity contribution in [3.05, 3.63) is 62.6 Å². The summed E-state index contributed by atoms with van der Waals surface area (Å²) < 4.78 is 0. The zero-order valence-electron chi connectivity index (χ0n) is 15.5. The molecule has 6 nitrogen and oxygen atoms in total. The van der Waals surface area contributed by atoms with Crippen LogP contribution in [0.1, 0.15) is 24.0 Å². The summed E-state index contributed by atoms with van der Waals surface area (Å²) in [4.78, 5) is 38.5. The molecule has 2 aromatic rings. The Kier molecular flexibility index (Phi) is 6.67. The molecule has 152 valence electrons. The number of urea groups is 1. The molecule has 1 unspecified atom stereocenters. The first-order valence-electron chi connectivity index (χ1n) is 8.87. The molecule has 0 saturated carbocycles. The number of aryl methyl sites for hydroxylation is 1. The van der Waals surface area contributed by atoms with Crippen LogP contribution in [0.15, 0.2) is 36.4 Å². The molecule has 0 spiro atoms. The molecule has 1 fully saturated rings. The molecule has 2 N–H and O–H groups in total. The fraction of sp³-hybridized carbons (Fsp3) is 0.250. The number of nitrogens with zero attached hydrogens (tertiary/aromatic N) is 1. The smallest absolute Gasteiger partial charge is 0.329 e. The summed E-state index contributed by atoms with van der Waals surface area (Å²) in [6.07, 6.45) is 0.346. The van der Waals surface area contributed by atoms with Crippen molar-refractivity contribution in [2.24, 2.45) is 0 Å². The van der Waals surface area contributed by atoms with Crippen molar-refractivity contribution >= 4 is 58.3 Å². The van der Waals surface area contributed by atoms with Crippen LogP contribution < -0.4 is 10.6 Å². The van der Waals surface area contributed by atoms with Crippen LogP contribution in [0.4, 0.5) is 10.5 Å². The summed E-state index contributed by atoms with van der Waals surface area (Å²) in [5.41, 5.74) is 2.06. The molecule has 0 bridgehead atoms. The Bertz CT molecular complexity index is 981. The first-order chi connectivity index (χ1) is 13.8. The lowest BCUT2D eigenvalue weighted by Gasteiger charge is -2.23. The highest BCUT2D eigenvalue weighted by Gasteiger charge is 2.40. The van der Waals surface area contributed by atoms with E-state index in [-0.39, 0.29) is 24.4 Å². The highest BCUT2D eigenvalue weighted by atomic mass is 35.5. The number of amides is 4. The largest absolute Gasteiger partial charge is 0.350 e. The third-order valence-corrected chi connectivity index (χ3v) is 5.47. The predicted molar refractivity (Wildman–Crippen MR) is 113 cm³/mol. The van der Waals surface area contributed by atoms with E-state index in [4.69, 9.17) is 34.8 Å². The Hall–Kier alpha value is -2.28. The van der Waals surface area contributed by atoms with E-state index >= 15 is 0 Å². The number of halogens is 3. The van der Waals surface area contributed by atoms with E-state index in [2.05, 4.69) is 10.6 Å². The number of imide groups is 1. The van der Waals surface area contributed by atoms with E-state index in [1.807, 2.05) is 19.1 Å². The lowest BCUT2D eigenvalue weighted by molar-refractivity contribution is -0.132. The number of anilines is 1. The monoisotopic (exact) mass is 453 g/mol. The summed E-state index contributed by atoms with van der Waals surface area (Å²) in [6.45, 7) is 2.11. The highest BCUT2D eigenvalue weighted by Crippen LogP contribution is 2.27. The summed E-state index contributed by atoms with van der Waals surface area (Å²) in [5.74, 6) is -0.856. The second kappa shape index (κ2) is 9.03. The molecule has 3 rings (SSSR count). The second-order valence-corrected chi connectivity index (χ2v) is 7.94. The number of nitrogens with one attached hydrogen (secondary N) is 2. The maximum absolute atomic E-state index is 12.6. The molecule has 9 heteroatoms. The standard InChI is InChI=1S/C20H18Cl3N3O3/c1-11-2-3-12(14(22)8-11)10-24-19(28)17-6-7-18(27)26(17)20(29)25-16-5-4-13(21)9-15(16)23/h2-5,8-9,17H,6-7,10H2,1H3,(H,24,28)(H,25,29). The van der Waals surface area contributed by atoms with Gasteiger partial charge in [-0.1, -0.05) is 46.9 Å². The van der Waals surface area contributed by atoms with E-state index in [1.54, 1.807) is 12.1 Å². The van der Waals surface area contributed by atoms with Crippen molar-refractivity contribution in [3.63, 3.8) is 0 Å². The van der Waals surface area contributed by atoms with Crippen molar-refractivity contribution in [2.45, 2.75) is 32.4 Å². The average Bonchev–Trinajstić information content (AvgIpc) is 3.05. The van der Waals surface area contributed by atoms with E-state index in [9.17, 15) is 14.4 Å². The Morgan fingerprint density at radius 3 is 2.55 bits per heavy atom. The van der Waals surface area contributed by atoms with E-state index < -0.39 is 23.9 Å². The fourth-order valence-electron chi connectivity index (χ4n) is 3.05. The van der Waals surface area contributed by atoms with Crippen LogP contribution in [-0.4, -0.2) is 28.8 Å². The van der Waals surface area contributed by atoms with Crippen molar-refractivity contribution < 1.29 is 14.4 Å². The van der Waals surface area contributed by atoms with Crippen LogP contribution in [0.5, 0.6) is 0 Å². The number of carbonyl (C=O) groups excluding carboxylic acids is 3. The lowest BCUT2D eigenvalue weighted by Crippen LogP contribution is -2.49. The van der Waals surface area contributed by atoms with Crippen LogP contribution in [0, 0.1) is 6.92 Å². The molecule has 1 atom stereocenters. The van der Waals surface area contributed by atoms with Crippen molar-refractivity contribution in [1.82, 2.24) is 10.2 Å². The molecule has 2 aromatic carbocycles. The van der Waals surface area contributed by atoms with Crippen LogP contribution in [0.25, 0.3) is 0 Å². The molecule has 1 aliphatic rings. The third kappa shape index (κ3) is 5.01. The average molecular weight is 455 g/mol. The molecule has 1 aliphatic heterocycles. The number of rotatable bonds is 4. The quantitative estimate of drug-likeness (QED) is 0.697. The number of benzene rings is 2. The van der Waals surface area contributed by atoms with Crippen LogP contribution in [-0.2, 0) is 16.1 Å². The fourth-order valence-corrected chi connectivity index (χ4v) is 3.81. The van der Waals surface area contributed by atoms with Crippen LogP contribution in [0.2, 0.25) is 15.1 Å².